The van der Waals surface area contributed by atoms with E-state index in [0.717, 1.165) is 16.5 Å². The molecule has 1 unspecified atom stereocenters. The van der Waals surface area contributed by atoms with Crippen molar-refractivity contribution in [2.75, 3.05) is 7.05 Å². The number of hydrogen-bond acceptors (Lipinski definition) is 4. The van der Waals surface area contributed by atoms with E-state index < -0.39 is 0 Å². The lowest BCUT2D eigenvalue weighted by Crippen LogP contribution is -2.17. The molecule has 0 aliphatic rings. The zero-order valence-corrected chi connectivity index (χ0v) is 10.7. The average Bonchev–Trinajstić information content (AvgIpc) is 2.84. The van der Waals surface area contributed by atoms with E-state index >= 15 is 0 Å². The van der Waals surface area contributed by atoms with Crippen LogP contribution in [-0.4, -0.2) is 22.0 Å². The third-order valence-electron chi connectivity index (χ3n) is 2.35. The van der Waals surface area contributed by atoms with Crippen LogP contribution in [0.4, 0.5) is 0 Å². The minimum absolute atomic E-state index is 0.245. The molecule has 0 fully saturated rings. The molecule has 0 radical (unpaired) electrons. The van der Waals surface area contributed by atoms with E-state index in [1.165, 1.54) is 4.88 Å². The first kappa shape index (κ1) is 11.6. The first-order valence-corrected chi connectivity index (χ1v) is 6.16. The van der Waals surface area contributed by atoms with Gasteiger partial charge >= 0.3 is 0 Å². The van der Waals surface area contributed by atoms with Gasteiger partial charge in [-0.3, -0.25) is 4.68 Å². The second-order valence-corrected chi connectivity index (χ2v) is 5.32. The van der Waals surface area contributed by atoms with Crippen LogP contribution in [0.5, 0.6) is 0 Å². The fourth-order valence-corrected chi connectivity index (χ4v) is 2.73. The number of likely N-dealkylation sites (N-methyl/N-ethyl adjacent to an activating group) is 1. The van der Waals surface area contributed by atoms with E-state index in [-0.39, 0.29) is 6.04 Å². The van der Waals surface area contributed by atoms with Gasteiger partial charge < -0.3 is 5.32 Å². The molecule has 1 N–H and O–H groups in total. The summed E-state index contributed by atoms with van der Waals surface area (Å²) in [6.45, 7) is 0. The van der Waals surface area contributed by atoms with Gasteiger partial charge in [0.15, 0.2) is 0 Å². The van der Waals surface area contributed by atoms with Crippen LogP contribution < -0.4 is 5.32 Å². The van der Waals surface area contributed by atoms with Crippen LogP contribution in [0, 0.1) is 0 Å². The standard InChI is InChI=1S/C10H13ClN4S/c1-12-8(9-3-4-10(11)16-9)5-7-6-15(2)14-13-7/h3-4,6,8,12H,5H2,1-2H3. The Morgan fingerprint density at radius 1 is 1.56 bits per heavy atom. The van der Waals surface area contributed by atoms with Crippen LogP contribution in [0.25, 0.3) is 0 Å². The number of halogens is 1. The lowest BCUT2D eigenvalue weighted by molar-refractivity contribution is 0.593. The second-order valence-electron chi connectivity index (χ2n) is 3.57. The molecule has 2 rings (SSSR count). The third kappa shape index (κ3) is 2.61. The predicted octanol–water partition coefficient (Wildman–Crippen LogP) is 2.03. The van der Waals surface area contributed by atoms with Gasteiger partial charge in [-0.2, -0.15) is 0 Å². The van der Waals surface area contributed by atoms with Gasteiger partial charge in [-0.05, 0) is 19.2 Å². The fraction of sp³-hybridized carbons (Fsp3) is 0.400. The average molecular weight is 257 g/mol. The lowest BCUT2D eigenvalue weighted by Gasteiger charge is -2.12. The molecule has 0 aliphatic heterocycles. The van der Waals surface area contributed by atoms with Crippen molar-refractivity contribution in [1.82, 2.24) is 20.3 Å². The summed E-state index contributed by atoms with van der Waals surface area (Å²) in [4.78, 5) is 1.22. The Hall–Kier alpha value is -0.910. The quantitative estimate of drug-likeness (QED) is 0.910. The summed E-state index contributed by atoms with van der Waals surface area (Å²) in [6.07, 6.45) is 2.75. The molecular weight excluding hydrogens is 244 g/mol. The molecule has 0 aliphatic carbocycles. The van der Waals surface area contributed by atoms with Gasteiger partial charge in [0.25, 0.3) is 0 Å². The SMILES string of the molecule is CNC(Cc1cn(C)nn1)c1ccc(Cl)s1. The van der Waals surface area contributed by atoms with Crippen LogP contribution in [0.1, 0.15) is 16.6 Å². The summed E-state index contributed by atoms with van der Waals surface area (Å²) in [7, 11) is 3.81. The van der Waals surface area contributed by atoms with E-state index in [4.69, 9.17) is 11.6 Å². The maximum Gasteiger partial charge on any atom is 0.0931 e. The summed E-state index contributed by atoms with van der Waals surface area (Å²) in [5.41, 5.74) is 0.978. The molecule has 2 aromatic heterocycles. The number of aryl methyl sites for hydroxylation is 1. The van der Waals surface area contributed by atoms with Crippen LogP contribution in [0.3, 0.4) is 0 Å². The first-order valence-electron chi connectivity index (χ1n) is 4.96. The highest BCUT2D eigenvalue weighted by Gasteiger charge is 2.14. The summed E-state index contributed by atoms with van der Waals surface area (Å²) in [6, 6.07) is 4.21. The number of hydrogen-bond donors (Lipinski definition) is 1. The monoisotopic (exact) mass is 256 g/mol. The molecule has 6 heteroatoms. The van der Waals surface area contributed by atoms with Crippen molar-refractivity contribution in [1.29, 1.82) is 0 Å². The van der Waals surface area contributed by atoms with E-state index in [9.17, 15) is 0 Å². The Morgan fingerprint density at radius 3 is 2.88 bits per heavy atom. The Kier molecular flexibility index (Phi) is 3.58. The summed E-state index contributed by atoms with van der Waals surface area (Å²) in [5.74, 6) is 0. The highest BCUT2D eigenvalue weighted by molar-refractivity contribution is 7.16. The minimum Gasteiger partial charge on any atom is -0.312 e. The van der Waals surface area contributed by atoms with Crippen molar-refractivity contribution in [3.8, 4) is 0 Å². The smallest absolute Gasteiger partial charge is 0.0931 e. The van der Waals surface area contributed by atoms with E-state index in [1.54, 1.807) is 16.0 Å². The molecule has 2 heterocycles. The van der Waals surface area contributed by atoms with Crippen molar-refractivity contribution >= 4 is 22.9 Å². The van der Waals surface area contributed by atoms with Gasteiger partial charge in [0.2, 0.25) is 0 Å². The molecule has 86 valence electrons. The normalized spacial score (nSPS) is 12.9. The van der Waals surface area contributed by atoms with Crippen LogP contribution in [0.2, 0.25) is 4.34 Å². The molecule has 4 nitrogen and oxygen atoms in total. The van der Waals surface area contributed by atoms with E-state index in [0.29, 0.717) is 0 Å². The third-order valence-corrected chi connectivity index (χ3v) is 3.69. The van der Waals surface area contributed by atoms with Crippen molar-refractivity contribution < 1.29 is 0 Å². The van der Waals surface area contributed by atoms with Gasteiger partial charge in [-0.1, -0.05) is 16.8 Å². The van der Waals surface area contributed by atoms with Crippen molar-refractivity contribution in [2.45, 2.75) is 12.5 Å². The zero-order chi connectivity index (χ0) is 11.5. The largest absolute Gasteiger partial charge is 0.312 e. The minimum atomic E-state index is 0.245. The van der Waals surface area contributed by atoms with Crippen molar-refractivity contribution in [2.24, 2.45) is 7.05 Å². The highest BCUT2D eigenvalue weighted by Crippen LogP contribution is 2.28. The van der Waals surface area contributed by atoms with E-state index in [1.807, 2.05) is 32.4 Å². The maximum atomic E-state index is 5.93. The van der Waals surface area contributed by atoms with Gasteiger partial charge in [0, 0.05) is 30.6 Å². The van der Waals surface area contributed by atoms with Crippen LogP contribution >= 0.6 is 22.9 Å². The van der Waals surface area contributed by atoms with Gasteiger partial charge in [-0.25, -0.2) is 0 Å². The molecule has 0 saturated heterocycles. The van der Waals surface area contributed by atoms with Crippen LogP contribution in [0.15, 0.2) is 18.3 Å². The number of thiophene rings is 1. The number of aromatic nitrogens is 3. The zero-order valence-electron chi connectivity index (χ0n) is 9.14. The molecular formula is C10H13ClN4S. The Bertz CT molecular complexity index is 465. The fourth-order valence-electron chi connectivity index (χ4n) is 1.56. The first-order chi connectivity index (χ1) is 7.69. The van der Waals surface area contributed by atoms with Crippen molar-refractivity contribution in [3.63, 3.8) is 0 Å². The number of nitrogens with zero attached hydrogens (tertiary/aromatic N) is 3. The molecule has 2 aromatic rings. The Balaban J connectivity index is 2.12. The molecule has 0 amide bonds. The second kappa shape index (κ2) is 4.95. The molecule has 0 saturated carbocycles. The van der Waals surface area contributed by atoms with Crippen molar-refractivity contribution in [3.05, 3.63) is 33.2 Å². The summed E-state index contributed by atoms with van der Waals surface area (Å²) >= 11 is 7.52. The highest BCUT2D eigenvalue weighted by atomic mass is 35.5. The molecule has 0 aromatic carbocycles. The van der Waals surface area contributed by atoms with Gasteiger partial charge in [0.05, 0.1) is 10.0 Å². The predicted molar refractivity (Wildman–Crippen MR) is 65.8 cm³/mol. The van der Waals surface area contributed by atoms with Crippen LogP contribution in [-0.2, 0) is 13.5 Å². The number of rotatable bonds is 4. The molecule has 0 bridgehead atoms. The lowest BCUT2D eigenvalue weighted by atomic mass is 10.1. The van der Waals surface area contributed by atoms with Gasteiger partial charge in [0.1, 0.15) is 0 Å². The number of nitrogens with one attached hydrogen (secondary N) is 1. The molecule has 16 heavy (non-hydrogen) atoms. The summed E-state index contributed by atoms with van der Waals surface area (Å²) in [5, 5.41) is 11.3. The topological polar surface area (TPSA) is 42.7 Å². The Morgan fingerprint density at radius 2 is 2.38 bits per heavy atom. The maximum absolute atomic E-state index is 5.93. The Labute approximate surface area is 103 Å². The molecule has 1 atom stereocenters. The molecule has 0 spiro atoms. The van der Waals surface area contributed by atoms with E-state index in [2.05, 4.69) is 15.6 Å². The van der Waals surface area contributed by atoms with Gasteiger partial charge in [-0.15, -0.1) is 16.4 Å². The summed E-state index contributed by atoms with van der Waals surface area (Å²) < 4.78 is 2.53.